The van der Waals surface area contributed by atoms with Crippen LogP contribution < -0.4 is 5.32 Å². The average molecular weight is 290 g/mol. The number of benzene rings is 1. The van der Waals surface area contributed by atoms with Crippen molar-refractivity contribution in [2.45, 2.75) is 26.9 Å². The topological polar surface area (TPSA) is 21.3 Å². The van der Waals surface area contributed by atoms with Crippen molar-refractivity contribution < 1.29 is 9.13 Å². The lowest BCUT2D eigenvalue weighted by molar-refractivity contribution is 0.0870. The molecule has 0 atom stereocenters. The van der Waals surface area contributed by atoms with Crippen LogP contribution in [0, 0.1) is 12.7 Å². The van der Waals surface area contributed by atoms with Crippen LogP contribution in [0.2, 0.25) is 0 Å². The summed E-state index contributed by atoms with van der Waals surface area (Å²) in [5.41, 5.74) is 1.82. The highest BCUT2D eigenvalue weighted by Crippen LogP contribution is 2.23. The van der Waals surface area contributed by atoms with Gasteiger partial charge >= 0.3 is 0 Å². The molecule has 0 spiro atoms. The summed E-state index contributed by atoms with van der Waals surface area (Å²) in [4.78, 5) is 0. The van der Waals surface area contributed by atoms with Gasteiger partial charge in [-0.3, -0.25) is 0 Å². The number of hydrogen-bond donors (Lipinski definition) is 1. The van der Waals surface area contributed by atoms with Gasteiger partial charge in [-0.15, -0.1) is 0 Å². The van der Waals surface area contributed by atoms with Crippen LogP contribution in [-0.4, -0.2) is 19.3 Å². The zero-order valence-corrected chi connectivity index (χ0v) is 11.4. The predicted octanol–water partition coefficient (Wildman–Crippen LogP) is 3.73. The van der Waals surface area contributed by atoms with Crippen molar-refractivity contribution in [1.82, 2.24) is 0 Å². The highest BCUT2D eigenvalue weighted by Gasteiger charge is 2.04. The van der Waals surface area contributed by atoms with Gasteiger partial charge in [-0.1, -0.05) is 0 Å². The van der Waals surface area contributed by atoms with Crippen LogP contribution in [-0.2, 0) is 4.74 Å². The van der Waals surface area contributed by atoms with Gasteiger partial charge in [0.15, 0.2) is 0 Å². The van der Waals surface area contributed by atoms with Gasteiger partial charge in [-0.25, -0.2) is 4.39 Å². The molecule has 0 unspecified atom stereocenters. The average Bonchev–Trinajstić information content (AvgIpc) is 2.19. The third-order valence-electron chi connectivity index (χ3n) is 2.14. The molecule has 0 aliphatic heterocycles. The fourth-order valence-corrected chi connectivity index (χ4v) is 1.77. The van der Waals surface area contributed by atoms with Crippen molar-refractivity contribution in [2.24, 2.45) is 0 Å². The molecule has 0 heterocycles. The summed E-state index contributed by atoms with van der Waals surface area (Å²) in [6.07, 6.45) is 0.226. The minimum Gasteiger partial charge on any atom is -0.382 e. The first-order valence-corrected chi connectivity index (χ1v) is 6.11. The maximum Gasteiger partial charge on any atom is 0.139 e. The van der Waals surface area contributed by atoms with Gasteiger partial charge < -0.3 is 10.1 Å². The van der Waals surface area contributed by atoms with Crippen LogP contribution in [0.15, 0.2) is 16.6 Å². The fourth-order valence-electron chi connectivity index (χ4n) is 1.32. The second-order valence-electron chi connectivity index (χ2n) is 3.93. The lowest BCUT2D eigenvalue weighted by Gasteiger charge is -2.12. The number of anilines is 1. The molecule has 2 nitrogen and oxygen atoms in total. The molecule has 16 heavy (non-hydrogen) atoms. The van der Waals surface area contributed by atoms with Crippen LogP contribution in [0.1, 0.15) is 19.4 Å². The Morgan fingerprint density at radius 3 is 2.75 bits per heavy atom. The normalized spacial score (nSPS) is 10.9. The molecule has 0 amide bonds. The molecule has 1 rings (SSSR count). The summed E-state index contributed by atoms with van der Waals surface area (Å²) in [5.74, 6) is -0.252. The van der Waals surface area contributed by atoms with E-state index in [0.717, 1.165) is 11.3 Å². The maximum absolute atomic E-state index is 13.3. The molecule has 0 bridgehead atoms. The van der Waals surface area contributed by atoms with E-state index in [9.17, 15) is 4.39 Å². The Kier molecular flexibility index (Phi) is 5.22. The van der Waals surface area contributed by atoms with Crippen LogP contribution in [0.25, 0.3) is 0 Å². The van der Waals surface area contributed by atoms with E-state index in [1.165, 1.54) is 6.07 Å². The second-order valence-corrected chi connectivity index (χ2v) is 4.78. The van der Waals surface area contributed by atoms with Crippen molar-refractivity contribution in [3.8, 4) is 0 Å². The molecule has 0 radical (unpaired) electrons. The summed E-state index contributed by atoms with van der Waals surface area (Å²) < 4.78 is 19.2. The smallest absolute Gasteiger partial charge is 0.139 e. The van der Waals surface area contributed by atoms with Crippen LogP contribution in [0.3, 0.4) is 0 Å². The van der Waals surface area contributed by atoms with Crippen molar-refractivity contribution in [3.63, 3.8) is 0 Å². The molecule has 0 aliphatic rings. The first-order valence-electron chi connectivity index (χ1n) is 5.32. The van der Waals surface area contributed by atoms with E-state index in [1.54, 1.807) is 6.07 Å². The number of rotatable bonds is 5. The molecule has 0 aromatic heterocycles. The molecule has 1 aromatic rings. The minimum absolute atomic E-state index is 0.226. The lowest BCUT2D eigenvalue weighted by atomic mass is 10.2. The highest BCUT2D eigenvalue weighted by atomic mass is 79.9. The number of nitrogens with one attached hydrogen (secondary N) is 1. The van der Waals surface area contributed by atoms with Crippen molar-refractivity contribution in [3.05, 3.63) is 28.0 Å². The van der Waals surface area contributed by atoms with E-state index in [1.807, 2.05) is 20.8 Å². The first-order chi connectivity index (χ1) is 7.50. The summed E-state index contributed by atoms with van der Waals surface area (Å²) in [6.45, 7) is 7.22. The number of aryl methyl sites for hydroxylation is 1. The van der Waals surface area contributed by atoms with Crippen molar-refractivity contribution >= 4 is 21.6 Å². The number of ether oxygens (including phenoxy) is 1. The molecule has 1 N–H and O–H groups in total. The molecular weight excluding hydrogens is 273 g/mol. The Hall–Kier alpha value is -0.610. The van der Waals surface area contributed by atoms with Gasteiger partial charge in [-0.05, 0) is 54.4 Å². The molecule has 0 saturated heterocycles. The molecule has 90 valence electrons. The van der Waals surface area contributed by atoms with E-state index in [4.69, 9.17) is 4.74 Å². The number of hydrogen-bond acceptors (Lipinski definition) is 2. The molecule has 4 heteroatoms. The van der Waals surface area contributed by atoms with Crippen LogP contribution >= 0.6 is 15.9 Å². The van der Waals surface area contributed by atoms with Crippen LogP contribution in [0.4, 0.5) is 10.1 Å². The molecule has 0 aliphatic carbocycles. The van der Waals surface area contributed by atoms with Gasteiger partial charge in [0.1, 0.15) is 5.82 Å². The third kappa shape index (κ3) is 4.10. The second kappa shape index (κ2) is 6.21. The maximum atomic E-state index is 13.3. The molecule has 0 saturated carbocycles. The Balaban J connectivity index is 2.51. The minimum atomic E-state index is -0.252. The Labute approximate surface area is 104 Å². The Morgan fingerprint density at radius 2 is 2.12 bits per heavy atom. The zero-order valence-electron chi connectivity index (χ0n) is 9.81. The summed E-state index contributed by atoms with van der Waals surface area (Å²) in [5, 5.41) is 3.15. The SMILES string of the molecule is Cc1cc(Br)c(F)cc1NCCOC(C)C. The summed E-state index contributed by atoms with van der Waals surface area (Å²) in [6, 6.07) is 3.26. The molecule has 0 fully saturated rings. The first kappa shape index (κ1) is 13.5. The molecular formula is C12H17BrFNO. The predicted molar refractivity (Wildman–Crippen MR) is 68.4 cm³/mol. The standard InChI is InChI=1S/C12H17BrFNO/c1-8(2)16-5-4-15-12-7-11(14)10(13)6-9(12)3/h6-8,15H,4-5H2,1-3H3. The largest absolute Gasteiger partial charge is 0.382 e. The van der Waals surface area contributed by atoms with E-state index >= 15 is 0 Å². The fraction of sp³-hybridized carbons (Fsp3) is 0.500. The summed E-state index contributed by atoms with van der Waals surface area (Å²) in [7, 11) is 0. The lowest BCUT2D eigenvalue weighted by Crippen LogP contribution is -2.13. The molecule has 1 aromatic carbocycles. The van der Waals surface area contributed by atoms with Gasteiger partial charge in [0.2, 0.25) is 0 Å². The van der Waals surface area contributed by atoms with Gasteiger partial charge in [-0.2, -0.15) is 0 Å². The monoisotopic (exact) mass is 289 g/mol. The Bertz CT molecular complexity index is 355. The van der Waals surface area contributed by atoms with Crippen molar-refractivity contribution in [1.29, 1.82) is 0 Å². The van der Waals surface area contributed by atoms with E-state index in [-0.39, 0.29) is 11.9 Å². The quantitative estimate of drug-likeness (QED) is 0.834. The van der Waals surface area contributed by atoms with E-state index in [2.05, 4.69) is 21.2 Å². The van der Waals surface area contributed by atoms with Crippen LogP contribution in [0.5, 0.6) is 0 Å². The van der Waals surface area contributed by atoms with Gasteiger partial charge in [0.05, 0.1) is 17.2 Å². The third-order valence-corrected chi connectivity index (χ3v) is 2.74. The van der Waals surface area contributed by atoms with E-state index < -0.39 is 0 Å². The van der Waals surface area contributed by atoms with Crippen molar-refractivity contribution in [2.75, 3.05) is 18.5 Å². The van der Waals surface area contributed by atoms with Gasteiger partial charge in [0, 0.05) is 12.2 Å². The van der Waals surface area contributed by atoms with E-state index in [0.29, 0.717) is 17.6 Å². The van der Waals surface area contributed by atoms with Gasteiger partial charge in [0.25, 0.3) is 0 Å². The number of halogens is 2. The Morgan fingerprint density at radius 1 is 1.44 bits per heavy atom. The highest BCUT2D eigenvalue weighted by molar-refractivity contribution is 9.10. The summed E-state index contributed by atoms with van der Waals surface area (Å²) >= 11 is 3.15. The zero-order chi connectivity index (χ0) is 12.1.